The number of aryl methyl sites for hydroxylation is 1. The van der Waals surface area contributed by atoms with Crippen LogP contribution in [0.5, 0.6) is 5.75 Å². The molecule has 2 aliphatic heterocycles. The van der Waals surface area contributed by atoms with Crippen LogP contribution in [0.1, 0.15) is 54.5 Å². The third-order valence-electron chi connectivity index (χ3n) is 7.90. The molecule has 3 atom stereocenters. The Morgan fingerprint density at radius 2 is 1.70 bits per heavy atom. The van der Waals surface area contributed by atoms with Crippen molar-refractivity contribution in [1.82, 2.24) is 9.80 Å². The van der Waals surface area contributed by atoms with Crippen LogP contribution in [0.4, 0.5) is 39.5 Å². The summed E-state index contributed by atoms with van der Waals surface area (Å²) < 4.78 is 150. The van der Waals surface area contributed by atoms with Gasteiger partial charge in [0, 0.05) is 24.7 Å². The third-order valence-corrected chi connectivity index (χ3v) is 8.88. The van der Waals surface area contributed by atoms with E-state index in [4.69, 9.17) is 0 Å². The molecule has 1 fully saturated rings. The molecule has 0 spiro atoms. The number of rotatable bonds is 10. The molecule has 4 rings (SSSR count). The van der Waals surface area contributed by atoms with Crippen molar-refractivity contribution in [2.24, 2.45) is 5.92 Å². The van der Waals surface area contributed by atoms with Crippen molar-refractivity contribution in [1.29, 1.82) is 0 Å². The van der Waals surface area contributed by atoms with Crippen LogP contribution in [0, 0.1) is 17.6 Å². The van der Waals surface area contributed by atoms with Gasteiger partial charge in [-0.2, -0.15) is 34.8 Å². The van der Waals surface area contributed by atoms with Gasteiger partial charge in [-0.25, -0.2) is 8.78 Å². The van der Waals surface area contributed by atoms with Crippen LogP contribution in [-0.4, -0.2) is 68.8 Å². The maximum absolute atomic E-state index is 15.6. The lowest BCUT2D eigenvalue weighted by Gasteiger charge is -2.42. The van der Waals surface area contributed by atoms with Gasteiger partial charge >= 0.3 is 21.8 Å². The molecule has 43 heavy (non-hydrogen) atoms. The minimum Gasteiger partial charge on any atom is -0.376 e. The normalized spacial score (nSPS) is 22.1. The van der Waals surface area contributed by atoms with E-state index < -0.39 is 70.1 Å². The lowest BCUT2D eigenvalue weighted by atomic mass is 9.84. The van der Waals surface area contributed by atoms with Crippen LogP contribution in [-0.2, 0) is 23.0 Å². The Kier molecular flexibility index (Phi) is 9.96. The second-order valence-electron chi connectivity index (χ2n) is 11.1. The fourth-order valence-corrected chi connectivity index (χ4v) is 6.40. The summed E-state index contributed by atoms with van der Waals surface area (Å²) in [5, 5.41) is 0. The van der Waals surface area contributed by atoms with E-state index in [1.54, 1.807) is 0 Å². The SMILES string of the molecule is C[C@@H]1Cc2cc(OS(=O)(=O)C(F)(F)F)ccc2[C@@H](c2c(F)cc(CCC3CCN(CCCF)C3)cc2F)N1CC(F)(F)F. The molecule has 0 N–H and O–H groups in total. The molecule has 240 valence electrons. The van der Waals surface area contributed by atoms with Crippen molar-refractivity contribution < 1.29 is 52.1 Å². The Hall–Kier alpha value is -2.52. The van der Waals surface area contributed by atoms with Crippen LogP contribution in [0.25, 0.3) is 0 Å². The summed E-state index contributed by atoms with van der Waals surface area (Å²) in [6, 6.07) is 2.31. The molecule has 1 unspecified atom stereocenters. The molecule has 2 aliphatic rings. The Labute approximate surface area is 243 Å². The molecule has 2 aromatic rings. The lowest BCUT2D eigenvalue weighted by Crippen LogP contribution is -2.47. The zero-order valence-corrected chi connectivity index (χ0v) is 23.9. The van der Waals surface area contributed by atoms with Crippen LogP contribution in [0.3, 0.4) is 0 Å². The highest BCUT2D eigenvalue weighted by Crippen LogP contribution is 2.43. The average Bonchev–Trinajstić information content (AvgIpc) is 3.33. The predicted octanol–water partition coefficient (Wildman–Crippen LogP) is 6.71. The summed E-state index contributed by atoms with van der Waals surface area (Å²) in [4.78, 5) is 2.99. The van der Waals surface area contributed by atoms with Gasteiger partial charge in [-0.3, -0.25) is 9.29 Å². The van der Waals surface area contributed by atoms with E-state index >= 15 is 8.78 Å². The Morgan fingerprint density at radius 3 is 2.30 bits per heavy atom. The second-order valence-corrected chi connectivity index (χ2v) is 12.6. The van der Waals surface area contributed by atoms with E-state index in [1.165, 1.54) is 6.92 Å². The molecule has 15 heteroatoms. The van der Waals surface area contributed by atoms with Gasteiger partial charge in [-0.15, -0.1) is 0 Å². The van der Waals surface area contributed by atoms with Crippen molar-refractivity contribution in [2.45, 2.75) is 62.8 Å². The van der Waals surface area contributed by atoms with E-state index in [0.717, 1.165) is 54.7 Å². The Bertz CT molecular complexity index is 1380. The first-order valence-electron chi connectivity index (χ1n) is 13.7. The molecule has 2 aromatic carbocycles. The van der Waals surface area contributed by atoms with Gasteiger partial charge in [0.2, 0.25) is 0 Å². The highest BCUT2D eigenvalue weighted by atomic mass is 32.2. The number of likely N-dealkylation sites (tertiary alicyclic amines) is 1. The van der Waals surface area contributed by atoms with Gasteiger partial charge in [-0.1, -0.05) is 6.07 Å². The molecule has 0 amide bonds. The van der Waals surface area contributed by atoms with Gasteiger partial charge in [0.15, 0.2) is 0 Å². The smallest absolute Gasteiger partial charge is 0.376 e. The Balaban J connectivity index is 1.64. The first-order valence-corrected chi connectivity index (χ1v) is 15.1. The number of benzene rings is 2. The second kappa shape index (κ2) is 12.8. The van der Waals surface area contributed by atoms with Gasteiger partial charge in [0.25, 0.3) is 0 Å². The molecular formula is C28H31F9N2O3S. The quantitative estimate of drug-likeness (QED) is 0.163. The first-order chi connectivity index (χ1) is 20.0. The molecule has 0 aromatic heterocycles. The van der Waals surface area contributed by atoms with Crippen molar-refractivity contribution >= 4 is 10.1 Å². The number of hydrogen-bond donors (Lipinski definition) is 0. The molecule has 1 saturated heterocycles. The molecule has 0 saturated carbocycles. The van der Waals surface area contributed by atoms with Crippen molar-refractivity contribution in [3.05, 3.63) is 64.2 Å². The summed E-state index contributed by atoms with van der Waals surface area (Å²) in [6.07, 6.45) is -2.73. The number of halogens is 9. The summed E-state index contributed by atoms with van der Waals surface area (Å²) in [7, 11) is -6.03. The minimum absolute atomic E-state index is 0.0241. The van der Waals surface area contributed by atoms with Crippen LogP contribution in [0.2, 0.25) is 0 Å². The van der Waals surface area contributed by atoms with Gasteiger partial charge in [0.1, 0.15) is 17.4 Å². The average molecular weight is 647 g/mol. The highest BCUT2D eigenvalue weighted by molar-refractivity contribution is 7.88. The fraction of sp³-hybridized carbons (Fsp3) is 0.571. The Morgan fingerprint density at radius 1 is 1.02 bits per heavy atom. The number of alkyl halides is 7. The topological polar surface area (TPSA) is 49.9 Å². The van der Waals surface area contributed by atoms with Crippen molar-refractivity contribution in [3.8, 4) is 5.75 Å². The summed E-state index contributed by atoms with van der Waals surface area (Å²) in [5.74, 6) is -2.65. The van der Waals surface area contributed by atoms with E-state index in [9.17, 15) is 39.2 Å². The highest BCUT2D eigenvalue weighted by Gasteiger charge is 2.49. The first kappa shape index (κ1) is 33.4. The predicted molar refractivity (Wildman–Crippen MR) is 140 cm³/mol. The summed E-state index contributed by atoms with van der Waals surface area (Å²) in [5.41, 5.74) is -6.00. The van der Waals surface area contributed by atoms with Gasteiger partial charge < -0.3 is 9.08 Å². The standard InChI is InChI=1S/C28H31F9N2O3S/c1-17-11-20-14-21(42-43(40,41)28(35,36)37)5-6-22(20)26(39(17)16-27(32,33)34)25-23(30)12-19(13-24(25)31)4-3-18-7-10-38(15-18)9-2-8-29/h5-6,12-14,17-18,26H,2-4,7-11,15-16H2,1H3/t17-,18?,26+/m1/s1. The molecule has 0 bridgehead atoms. The molecular weight excluding hydrogens is 615 g/mol. The summed E-state index contributed by atoms with van der Waals surface area (Å²) >= 11 is 0. The summed E-state index contributed by atoms with van der Waals surface area (Å²) in [6.45, 7) is 1.60. The van der Waals surface area contributed by atoms with E-state index in [-0.39, 0.29) is 23.5 Å². The van der Waals surface area contributed by atoms with Crippen molar-refractivity contribution in [3.63, 3.8) is 0 Å². The zero-order valence-electron chi connectivity index (χ0n) is 23.1. The lowest BCUT2D eigenvalue weighted by molar-refractivity contribution is -0.155. The van der Waals surface area contributed by atoms with E-state index in [0.29, 0.717) is 31.4 Å². The number of hydrogen-bond acceptors (Lipinski definition) is 5. The molecule has 0 aliphatic carbocycles. The van der Waals surface area contributed by atoms with E-state index in [2.05, 4.69) is 9.08 Å². The van der Waals surface area contributed by atoms with Crippen LogP contribution in [0.15, 0.2) is 30.3 Å². The van der Waals surface area contributed by atoms with Gasteiger partial charge in [0.05, 0.1) is 19.3 Å². The molecule has 5 nitrogen and oxygen atoms in total. The zero-order chi connectivity index (χ0) is 31.7. The van der Waals surface area contributed by atoms with Crippen molar-refractivity contribution in [2.75, 3.05) is 32.9 Å². The fourth-order valence-electron chi connectivity index (χ4n) is 5.94. The third kappa shape index (κ3) is 7.96. The van der Waals surface area contributed by atoms with E-state index in [1.807, 2.05) is 0 Å². The molecule has 2 heterocycles. The monoisotopic (exact) mass is 646 g/mol. The number of fused-ring (bicyclic) bond motifs is 1. The maximum atomic E-state index is 15.6. The molecule has 0 radical (unpaired) electrons. The van der Waals surface area contributed by atoms with Crippen LogP contribution >= 0.6 is 0 Å². The van der Waals surface area contributed by atoms with Gasteiger partial charge in [-0.05, 0) is 92.4 Å². The maximum Gasteiger partial charge on any atom is 0.534 e. The van der Waals surface area contributed by atoms with Crippen LogP contribution < -0.4 is 4.18 Å². The number of nitrogens with zero attached hydrogens (tertiary/aromatic N) is 2. The largest absolute Gasteiger partial charge is 0.534 e. The minimum atomic E-state index is -6.03.